The summed E-state index contributed by atoms with van der Waals surface area (Å²) in [5, 5.41) is 21.9. The summed E-state index contributed by atoms with van der Waals surface area (Å²) in [5.41, 5.74) is 3.70. The van der Waals surface area contributed by atoms with Gasteiger partial charge in [-0.2, -0.15) is 5.10 Å². The van der Waals surface area contributed by atoms with Crippen LogP contribution in [-0.4, -0.2) is 38.9 Å². The molecule has 4 rings (SSSR count). The van der Waals surface area contributed by atoms with Crippen molar-refractivity contribution in [2.75, 3.05) is 7.05 Å². The van der Waals surface area contributed by atoms with E-state index in [9.17, 15) is 5.11 Å². The number of aliphatic imine (C=N–C) groups is 1. The molecule has 1 unspecified atom stereocenters. The second kappa shape index (κ2) is 8.20. The van der Waals surface area contributed by atoms with Crippen LogP contribution in [0.15, 0.2) is 17.1 Å². The molecule has 1 atom stereocenters. The lowest BCUT2D eigenvalue weighted by Gasteiger charge is -2.26. The zero-order chi connectivity index (χ0) is 19.5. The fourth-order valence-electron chi connectivity index (χ4n) is 4.28. The number of nitrogens with zero attached hydrogens (tertiary/aromatic N) is 4. The monoisotopic (exact) mass is 382 g/mol. The quantitative estimate of drug-likeness (QED) is 0.557. The number of aromatic hydroxyl groups is 1. The third-order valence-electron chi connectivity index (χ3n) is 5.84. The summed E-state index contributed by atoms with van der Waals surface area (Å²) >= 11 is 0. The molecule has 150 valence electrons. The van der Waals surface area contributed by atoms with Crippen molar-refractivity contribution in [1.82, 2.24) is 25.4 Å². The summed E-state index contributed by atoms with van der Waals surface area (Å²) in [7, 11) is 1.79. The minimum absolute atomic E-state index is 0.267. The SMILES string of the molecule is CCc1nc2n(n1)CC(NC(=NC)NCc1c(O)ccc3c1CCCC3)CC2. The van der Waals surface area contributed by atoms with Crippen molar-refractivity contribution in [1.29, 1.82) is 0 Å². The van der Waals surface area contributed by atoms with Gasteiger partial charge in [-0.1, -0.05) is 13.0 Å². The van der Waals surface area contributed by atoms with E-state index in [1.807, 2.05) is 10.7 Å². The minimum Gasteiger partial charge on any atom is -0.508 e. The maximum absolute atomic E-state index is 10.4. The first-order valence-electron chi connectivity index (χ1n) is 10.4. The largest absolute Gasteiger partial charge is 0.508 e. The number of rotatable bonds is 4. The van der Waals surface area contributed by atoms with Gasteiger partial charge in [-0.05, 0) is 49.3 Å². The van der Waals surface area contributed by atoms with Crippen LogP contribution in [0.4, 0.5) is 0 Å². The van der Waals surface area contributed by atoms with Gasteiger partial charge in [0, 0.05) is 38.0 Å². The summed E-state index contributed by atoms with van der Waals surface area (Å²) in [5.74, 6) is 3.14. The highest BCUT2D eigenvalue weighted by molar-refractivity contribution is 5.80. The van der Waals surface area contributed by atoms with Crippen molar-refractivity contribution in [3.05, 3.63) is 40.5 Å². The van der Waals surface area contributed by atoms with Crippen LogP contribution in [0.25, 0.3) is 0 Å². The minimum atomic E-state index is 0.267. The zero-order valence-corrected chi connectivity index (χ0v) is 16.8. The third-order valence-corrected chi connectivity index (χ3v) is 5.84. The van der Waals surface area contributed by atoms with Gasteiger partial charge in [0.2, 0.25) is 0 Å². The molecule has 0 radical (unpaired) electrons. The van der Waals surface area contributed by atoms with Crippen molar-refractivity contribution < 1.29 is 5.11 Å². The van der Waals surface area contributed by atoms with Gasteiger partial charge in [-0.25, -0.2) is 9.67 Å². The average molecular weight is 383 g/mol. The van der Waals surface area contributed by atoms with Crippen LogP contribution in [-0.2, 0) is 38.8 Å². The van der Waals surface area contributed by atoms with Crippen LogP contribution >= 0.6 is 0 Å². The number of benzene rings is 1. The van der Waals surface area contributed by atoms with E-state index in [0.717, 1.165) is 61.8 Å². The van der Waals surface area contributed by atoms with Gasteiger partial charge < -0.3 is 15.7 Å². The molecule has 0 saturated carbocycles. The Morgan fingerprint density at radius 1 is 1.29 bits per heavy atom. The molecule has 1 aliphatic heterocycles. The number of guanidine groups is 1. The summed E-state index contributed by atoms with van der Waals surface area (Å²) in [6.07, 6.45) is 7.38. The predicted octanol–water partition coefficient (Wildman–Crippen LogP) is 2.10. The van der Waals surface area contributed by atoms with Gasteiger partial charge in [-0.3, -0.25) is 4.99 Å². The lowest BCUT2D eigenvalue weighted by molar-refractivity contribution is 0.392. The van der Waals surface area contributed by atoms with Gasteiger partial charge >= 0.3 is 0 Å². The van der Waals surface area contributed by atoms with Crippen LogP contribution in [0.1, 0.15) is 54.5 Å². The number of aryl methyl sites for hydroxylation is 3. The van der Waals surface area contributed by atoms with E-state index in [2.05, 4.69) is 38.7 Å². The third kappa shape index (κ3) is 3.84. The zero-order valence-electron chi connectivity index (χ0n) is 16.8. The molecule has 0 spiro atoms. The normalized spacial score (nSPS) is 19.1. The number of hydrogen-bond acceptors (Lipinski definition) is 4. The fourth-order valence-corrected chi connectivity index (χ4v) is 4.28. The van der Waals surface area contributed by atoms with Crippen LogP contribution in [0.5, 0.6) is 5.75 Å². The lowest BCUT2D eigenvalue weighted by atomic mass is 9.88. The van der Waals surface area contributed by atoms with Gasteiger partial charge in [0.05, 0.1) is 6.54 Å². The number of fused-ring (bicyclic) bond motifs is 2. The number of hydrogen-bond donors (Lipinski definition) is 3. The summed E-state index contributed by atoms with van der Waals surface area (Å²) < 4.78 is 2.02. The van der Waals surface area contributed by atoms with Gasteiger partial charge in [0.15, 0.2) is 11.8 Å². The highest BCUT2D eigenvalue weighted by Crippen LogP contribution is 2.30. The topological polar surface area (TPSA) is 87.4 Å². The molecule has 1 aromatic carbocycles. The van der Waals surface area contributed by atoms with Gasteiger partial charge in [0.25, 0.3) is 0 Å². The smallest absolute Gasteiger partial charge is 0.191 e. The van der Waals surface area contributed by atoms with E-state index in [-0.39, 0.29) is 6.04 Å². The Morgan fingerprint density at radius 3 is 2.96 bits per heavy atom. The first kappa shape index (κ1) is 18.8. The van der Waals surface area contributed by atoms with Crippen molar-refractivity contribution >= 4 is 5.96 Å². The number of phenols is 1. The molecule has 0 fully saturated rings. The van der Waals surface area contributed by atoms with Crippen LogP contribution in [0.3, 0.4) is 0 Å². The molecule has 1 aromatic heterocycles. The highest BCUT2D eigenvalue weighted by atomic mass is 16.3. The van der Waals surface area contributed by atoms with Crippen LogP contribution in [0, 0.1) is 0 Å². The van der Waals surface area contributed by atoms with E-state index in [1.165, 1.54) is 24.0 Å². The molecule has 0 bridgehead atoms. The van der Waals surface area contributed by atoms with Crippen molar-refractivity contribution in [2.45, 2.75) is 71.0 Å². The molecule has 2 aromatic rings. The Kier molecular flexibility index (Phi) is 5.50. The van der Waals surface area contributed by atoms with Crippen molar-refractivity contribution in [3.8, 4) is 5.75 Å². The van der Waals surface area contributed by atoms with E-state index in [0.29, 0.717) is 12.3 Å². The van der Waals surface area contributed by atoms with Crippen molar-refractivity contribution in [3.63, 3.8) is 0 Å². The van der Waals surface area contributed by atoms with E-state index >= 15 is 0 Å². The number of nitrogens with one attached hydrogen (secondary N) is 2. The first-order valence-corrected chi connectivity index (χ1v) is 10.4. The maximum Gasteiger partial charge on any atom is 0.191 e. The van der Waals surface area contributed by atoms with Crippen LogP contribution < -0.4 is 10.6 Å². The Bertz CT molecular complexity index is 872. The first-order chi connectivity index (χ1) is 13.7. The Morgan fingerprint density at radius 2 is 2.14 bits per heavy atom. The Labute approximate surface area is 166 Å². The fraction of sp³-hybridized carbons (Fsp3) is 0.571. The lowest BCUT2D eigenvalue weighted by Crippen LogP contribution is -2.46. The molecule has 0 amide bonds. The van der Waals surface area contributed by atoms with E-state index in [1.54, 1.807) is 7.05 Å². The van der Waals surface area contributed by atoms with Gasteiger partial charge in [-0.15, -0.1) is 0 Å². The number of aromatic nitrogens is 3. The second-order valence-corrected chi connectivity index (χ2v) is 7.69. The second-order valence-electron chi connectivity index (χ2n) is 7.69. The van der Waals surface area contributed by atoms with E-state index in [4.69, 9.17) is 0 Å². The molecule has 28 heavy (non-hydrogen) atoms. The Balaban J connectivity index is 1.40. The molecule has 7 nitrogen and oxygen atoms in total. The molecule has 0 saturated heterocycles. The summed E-state index contributed by atoms with van der Waals surface area (Å²) in [6, 6.07) is 4.17. The average Bonchev–Trinajstić information content (AvgIpc) is 3.14. The van der Waals surface area contributed by atoms with Crippen molar-refractivity contribution in [2.24, 2.45) is 4.99 Å². The summed E-state index contributed by atoms with van der Waals surface area (Å²) in [6.45, 7) is 3.46. The molecular weight excluding hydrogens is 352 g/mol. The molecule has 3 N–H and O–H groups in total. The predicted molar refractivity (Wildman–Crippen MR) is 110 cm³/mol. The van der Waals surface area contributed by atoms with Gasteiger partial charge in [0.1, 0.15) is 11.6 Å². The van der Waals surface area contributed by atoms with E-state index < -0.39 is 0 Å². The molecule has 7 heteroatoms. The molecule has 2 aliphatic rings. The summed E-state index contributed by atoms with van der Waals surface area (Å²) in [4.78, 5) is 8.96. The standard InChI is InChI=1S/C21H30N6O/c1-3-19-25-20-11-9-15(13-27(20)26-19)24-21(22-2)23-12-17-16-7-5-4-6-14(16)8-10-18(17)28/h8,10,15,28H,3-7,9,11-13H2,1-2H3,(H2,22,23,24). The molecule has 1 aliphatic carbocycles. The number of phenolic OH excluding ortho intramolecular Hbond substituents is 1. The molecule has 2 heterocycles. The molecular formula is C21H30N6O. The Hall–Kier alpha value is -2.57. The maximum atomic E-state index is 10.4. The highest BCUT2D eigenvalue weighted by Gasteiger charge is 2.22. The van der Waals surface area contributed by atoms with Crippen LogP contribution in [0.2, 0.25) is 0 Å².